The van der Waals surface area contributed by atoms with Crippen molar-refractivity contribution in [2.45, 2.75) is 44.8 Å². The van der Waals surface area contributed by atoms with Gasteiger partial charge in [0.15, 0.2) is 0 Å². The van der Waals surface area contributed by atoms with Crippen LogP contribution in [0.15, 0.2) is 0 Å². The van der Waals surface area contributed by atoms with E-state index in [0.717, 1.165) is 0 Å². The second-order valence-electron chi connectivity index (χ2n) is 5.61. The van der Waals surface area contributed by atoms with Crippen LogP contribution in [0.2, 0.25) is 0 Å². The molecule has 0 aliphatic rings. The lowest BCUT2D eigenvalue weighted by molar-refractivity contribution is -0.143. The second kappa shape index (κ2) is 10.9. The number of carboxylic acids is 2. The highest BCUT2D eigenvalue weighted by molar-refractivity contribution is 7.98. The highest BCUT2D eigenvalue weighted by Crippen LogP contribution is 2.04. The third-order valence-corrected chi connectivity index (χ3v) is 3.90. The van der Waals surface area contributed by atoms with Crippen molar-refractivity contribution in [2.75, 3.05) is 12.0 Å². The van der Waals surface area contributed by atoms with E-state index < -0.39 is 48.3 Å². The molecule has 2 amide bonds. The van der Waals surface area contributed by atoms with E-state index in [-0.39, 0.29) is 12.3 Å². The van der Waals surface area contributed by atoms with Crippen LogP contribution < -0.4 is 16.4 Å². The highest BCUT2D eigenvalue weighted by Gasteiger charge is 2.30. The molecule has 24 heavy (non-hydrogen) atoms. The molecule has 0 radical (unpaired) electrons. The summed E-state index contributed by atoms with van der Waals surface area (Å²) in [4.78, 5) is 46.2. The fourth-order valence-electron chi connectivity index (χ4n) is 1.72. The first-order chi connectivity index (χ1) is 11.1. The number of rotatable bonds is 11. The summed E-state index contributed by atoms with van der Waals surface area (Å²) in [6.07, 6.45) is 1.31. The Morgan fingerprint density at radius 2 is 1.58 bits per heavy atom. The Balaban J connectivity index is 5.01. The molecule has 0 fully saturated rings. The van der Waals surface area contributed by atoms with Gasteiger partial charge in [0.2, 0.25) is 11.8 Å². The molecule has 0 aliphatic heterocycles. The average Bonchev–Trinajstić information content (AvgIpc) is 2.48. The molecule has 9 nitrogen and oxygen atoms in total. The van der Waals surface area contributed by atoms with Gasteiger partial charge >= 0.3 is 11.9 Å². The number of carbonyl (C=O) groups is 4. The normalized spacial score (nSPS) is 14.5. The van der Waals surface area contributed by atoms with Crippen LogP contribution in [0.4, 0.5) is 0 Å². The SMILES string of the molecule is CSCCC(NC(=O)C(CC(=O)O)NC(=O)C(N)C(C)C)C(=O)O. The second-order valence-corrected chi connectivity index (χ2v) is 6.60. The summed E-state index contributed by atoms with van der Waals surface area (Å²) in [5.41, 5.74) is 5.67. The van der Waals surface area contributed by atoms with E-state index in [0.29, 0.717) is 5.75 Å². The maximum atomic E-state index is 12.2. The number of nitrogens with one attached hydrogen (secondary N) is 2. The standard InChI is InChI=1S/C14H25N3O6S/c1-7(2)11(15)13(21)17-9(6-10(18)19)12(20)16-8(14(22)23)4-5-24-3/h7-9,11H,4-6,15H2,1-3H3,(H,16,20)(H,17,21)(H,18,19)(H,22,23). The van der Waals surface area contributed by atoms with E-state index in [4.69, 9.17) is 15.9 Å². The molecule has 0 saturated heterocycles. The van der Waals surface area contributed by atoms with Crippen molar-refractivity contribution in [1.29, 1.82) is 0 Å². The maximum absolute atomic E-state index is 12.2. The molecule has 3 unspecified atom stereocenters. The monoisotopic (exact) mass is 363 g/mol. The molecule has 0 heterocycles. The number of thioether (sulfide) groups is 1. The lowest BCUT2D eigenvalue weighted by atomic mass is 10.0. The third kappa shape index (κ3) is 8.16. The fraction of sp³-hybridized carbons (Fsp3) is 0.714. The van der Waals surface area contributed by atoms with E-state index >= 15 is 0 Å². The van der Waals surface area contributed by atoms with Crippen LogP contribution >= 0.6 is 11.8 Å². The van der Waals surface area contributed by atoms with Gasteiger partial charge < -0.3 is 26.6 Å². The van der Waals surface area contributed by atoms with Gasteiger partial charge in [-0.3, -0.25) is 14.4 Å². The first-order valence-corrected chi connectivity index (χ1v) is 8.79. The number of hydrogen-bond donors (Lipinski definition) is 5. The third-order valence-electron chi connectivity index (χ3n) is 3.26. The lowest BCUT2D eigenvalue weighted by Gasteiger charge is -2.22. The first-order valence-electron chi connectivity index (χ1n) is 7.40. The molecule has 0 aromatic carbocycles. The smallest absolute Gasteiger partial charge is 0.326 e. The molecule has 6 N–H and O–H groups in total. The summed E-state index contributed by atoms with van der Waals surface area (Å²) in [5, 5.41) is 22.5. The van der Waals surface area contributed by atoms with E-state index in [1.807, 2.05) is 0 Å². The van der Waals surface area contributed by atoms with Crippen molar-refractivity contribution in [3.63, 3.8) is 0 Å². The number of aliphatic carboxylic acids is 2. The highest BCUT2D eigenvalue weighted by atomic mass is 32.2. The quantitative estimate of drug-likeness (QED) is 0.321. The minimum Gasteiger partial charge on any atom is -0.481 e. The van der Waals surface area contributed by atoms with Gasteiger partial charge in [0.25, 0.3) is 0 Å². The Kier molecular flexibility index (Phi) is 10.0. The van der Waals surface area contributed by atoms with Crippen molar-refractivity contribution in [3.05, 3.63) is 0 Å². The number of carbonyl (C=O) groups excluding carboxylic acids is 2. The van der Waals surface area contributed by atoms with Gasteiger partial charge in [-0.1, -0.05) is 13.8 Å². The van der Waals surface area contributed by atoms with Crippen LogP contribution in [0.1, 0.15) is 26.7 Å². The topological polar surface area (TPSA) is 159 Å². The molecule has 3 atom stereocenters. The molecule has 0 aliphatic carbocycles. The van der Waals surface area contributed by atoms with Crippen molar-refractivity contribution in [1.82, 2.24) is 10.6 Å². The van der Waals surface area contributed by atoms with E-state index in [1.54, 1.807) is 20.1 Å². The van der Waals surface area contributed by atoms with Gasteiger partial charge in [-0.05, 0) is 24.3 Å². The summed E-state index contributed by atoms with van der Waals surface area (Å²) < 4.78 is 0. The van der Waals surface area contributed by atoms with Crippen molar-refractivity contribution < 1.29 is 29.4 Å². The van der Waals surface area contributed by atoms with Gasteiger partial charge in [-0.25, -0.2) is 4.79 Å². The van der Waals surface area contributed by atoms with Crippen LogP contribution in [0.5, 0.6) is 0 Å². The van der Waals surface area contributed by atoms with Gasteiger partial charge in [0.05, 0.1) is 12.5 Å². The van der Waals surface area contributed by atoms with Crippen LogP contribution in [-0.2, 0) is 19.2 Å². The van der Waals surface area contributed by atoms with Crippen molar-refractivity contribution >= 4 is 35.5 Å². The van der Waals surface area contributed by atoms with Crippen molar-refractivity contribution in [2.24, 2.45) is 11.7 Å². The van der Waals surface area contributed by atoms with Crippen LogP contribution in [0.25, 0.3) is 0 Å². The number of hydrogen-bond acceptors (Lipinski definition) is 6. The van der Waals surface area contributed by atoms with Crippen LogP contribution in [0.3, 0.4) is 0 Å². The van der Waals surface area contributed by atoms with Crippen LogP contribution in [0, 0.1) is 5.92 Å². The summed E-state index contributed by atoms with van der Waals surface area (Å²) in [6, 6.07) is -3.45. The Morgan fingerprint density at radius 3 is 2.00 bits per heavy atom. The zero-order valence-corrected chi connectivity index (χ0v) is 14.8. The molecule has 0 aromatic rings. The largest absolute Gasteiger partial charge is 0.481 e. The molecule has 0 spiro atoms. The van der Waals surface area contributed by atoms with Gasteiger partial charge in [-0.2, -0.15) is 11.8 Å². The number of amides is 2. The molecular formula is C14H25N3O6S. The Labute approximate surface area is 144 Å². The summed E-state index contributed by atoms with van der Waals surface area (Å²) in [5.74, 6) is -3.75. The average molecular weight is 363 g/mol. The summed E-state index contributed by atoms with van der Waals surface area (Å²) >= 11 is 1.42. The molecule has 138 valence electrons. The predicted molar refractivity (Wildman–Crippen MR) is 89.6 cm³/mol. The lowest BCUT2D eigenvalue weighted by Crippen LogP contribution is -2.55. The van der Waals surface area contributed by atoms with Gasteiger partial charge in [0, 0.05) is 0 Å². The van der Waals surface area contributed by atoms with E-state index in [9.17, 15) is 19.2 Å². The zero-order chi connectivity index (χ0) is 18.9. The minimum absolute atomic E-state index is 0.182. The van der Waals surface area contributed by atoms with Gasteiger partial charge in [-0.15, -0.1) is 0 Å². The maximum Gasteiger partial charge on any atom is 0.326 e. The van der Waals surface area contributed by atoms with E-state index in [1.165, 1.54) is 11.8 Å². The summed E-state index contributed by atoms with van der Waals surface area (Å²) in [7, 11) is 0. The molecule has 10 heteroatoms. The Hall–Kier alpha value is -1.81. The molecular weight excluding hydrogens is 338 g/mol. The molecule has 0 rings (SSSR count). The van der Waals surface area contributed by atoms with Gasteiger partial charge in [0.1, 0.15) is 12.1 Å². The Morgan fingerprint density at radius 1 is 1.04 bits per heavy atom. The Bertz CT molecular complexity index is 471. The molecule has 0 aromatic heterocycles. The predicted octanol–water partition coefficient (Wildman–Crippen LogP) is -0.748. The van der Waals surface area contributed by atoms with Crippen molar-refractivity contribution in [3.8, 4) is 0 Å². The molecule has 0 bridgehead atoms. The number of nitrogens with two attached hydrogens (primary N) is 1. The van der Waals surface area contributed by atoms with Crippen LogP contribution in [-0.4, -0.2) is 64.1 Å². The molecule has 0 saturated carbocycles. The number of carboxylic acid groups (broad SMARTS) is 2. The zero-order valence-electron chi connectivity index (χ0n) is 13.9. The van der Waals surface area contributed by atoms with E-state index in [2.05, 4.69) is 10.6 Å². The minimum atomic E-state index is -1.39. The summed E-state index contributed by atoms with van der Waals surface area (Å²) in [6.45, 7) is 3.42. The fourth-order valence-corrected chi connectivity index (χ4v) is 2.19. The first kappa shape index (κ1) is 22.2.